The second-order valence-corrected chi connectivity index (χ2v) is 5.18. The highest BCUT2D eigenvalue weighted by molar-refractivity contribution is 4.83. The number of hydrogen-bond acceptors (Lipinski definition) is 2. The van der Waals surface area contributed by atoms with Gasteiger partial charge in [0.2, 0.25) is 0 Å². The third kappa shape index (κ3) is 4.76. The smallest absolute Gasteiger partial charge is 0.385 e. The van der Waals surface area contributed by atoms with Gasteiger partial charge in [0, 0.05) is 19.8 Å². The van der Waals surface area contributed by atoms with Crippen LogP contribution in [0.25, 0.3) is 0 Å². The fraction of sp³-hybridized carbons (Fsp3) is 1.00. The summed E-state index contributed by atoms with van der Waals surface area (Å²) in [5.41, 5.74) is 0. The van der Waals surface area contributed by atoms with Crippen molar-refractivity contribution in [3.05, 3.63) is 0 Å². The summed E-state index contributed by atoms with van der Waals surface area (Å²) < 4.78 is 42.7. The van der Waals surface area contributed by atoms with Crippen molar-refractivity contribution < 1.29 is 17.9 Å². The van der Waals surface area contributed by atoms with Gasteiger partial charge >= 0.3 is 6.18 Å². The SMILES string of the molecule is CNC(CCCOC)C1CCC(C(F)(F)F)CC1. The lowest BCUT2D eigenvalue weighted by Crippen LogP contribution is -2.38. The molecule has 1 atom stereocenters. The predicted octanol–water partition coefficient (Wildman–Crippen LogP) is 3.37. The largest absolute Gasteiger partial charge is 0.391 e. The molecule has 108 valence electrons. The normalized spacial score (nSPS) is 27.2. The first-order valence-corrected chi connectivity index (χ1v) is 6.72. The second kappa shape index (κ2) is 7.34. The molecule has 18 heavy (non-hydrogen) atoms. The van der Waals surface area contributed by atoms with Gasteiger partial charge in [-0.15, -0.1) is 0 Å². The fourth-order valence-electron chi connectivity index (χ4n) is 2.91. The van der Waals surface area contributed by atoms with Crippen molar-refractivity contribution in [2.24, 2.45) is 11.8 Å². The lowest BCUT2D eigenvalue weighted by Gasteiger charge is -2.34. The van der Waals surface area contributed by atoms with Crippen LogP contribution in [0, 0.1) is 11.8 Å². The van der Waals surface area contributed by atoms with Gasteiger partial charge in [-0.05, 0) is 51.5 Å². The summed E-state index contributed by atoms with van der Waals surface area (Å²) in [4.78, 5) is 0. The maximum absolute atomic E-state index is 12.6. The summed E-state index contributed by atoms with van der Waals surface area (Å²) in [6.07, 6.45) is -0.123. The van der Waals surface area contributed by atoms with Crippen LogP contribution in [-0.2, 0) is 4.74 Å². The standard InChI is InChI=1S/C13H24F3NO/c1-17-12(4-3-9-18-2)10-5-7-11(8-6-10)13(14,15)16/h10-12,17H,3-9H2,1-2H3. The van der Waals surface area contributed by atoms with Crippen LogP contribution in [0.2, 0.25) is 0 Å². The highest BCUT2D eigenvalue weighted by Gasteiger charge is 2.42. The molecular formula is C13H24F3NO. The van der Waals surface area contributed by atoms with Crippen molar-refractivity contribution in [3.63, 3.8) is 0 Å². The molecule has 5 heteroatoms. The Labute approximate surface area is 107 Å². The molecule has 1 fully saturated rings. The molecule has 1 unspecified atom stereocenters. The van der Waals surface area contributed by atoms with Crippen LogP contribution in [0.1, 0.15) is 38.5 Å². The van der Waals surface area contributed by atoms with Crippen molar-refractivity contribution in [1.82, 2.24) is 5.32 Å². The van der Waals surface area contributed by atoms with Gasteiger partial charge in [-0.25, -0.2) is 0 Å². The molecule has 1 aliphatic carbocycles. The second-order valence-electron chi connectivity index (χ2n) is 5.18. The van der Waals surface area contributed by atoms with Gasteiger partial charge in [0.05, 0.1) is 5.92 Å². The van der Waals surface area contributed by atoms with E-state index in [4.69, 9.17) is 4.74 Å². The van der Waals surface area contributed by atoms with Crippen LogP contribution >= 0.6 is 0 Å². The van der Waals surface area contributed by atoms with Gasteiger partial charge < -0.3 is 10.1 Å². The van der Waals surface area contributed by atoms with E-state index in [0.29, 0.717) is 24.8 Å². The van der Waals surface area contributed by atoms with Crippen LogP contribution < -0.4 is 5.32 Å². The number of hydrogen-bond donors (Lipinski definition) is 1. The van der Waals surface area contributed by atoms with Gasteiger partial charge in [-0.3, -0.25) is 0 Å². The van der Waals surface area contributed by atoms with Gasteiger partial charge in [0.25, 0.3) is 0 Å². The van der Waals surface area contributed by atoms with E-state index in [1.165, 1.54) is 0 Å². The molecule has 1 N–H and O–H groups in total. The van der Waals surface area contributed by atoms with Crippen molar-refractivity contribution >= 4 is 0 Å². The van der Waals surface area contributed by atoms with Crippen LogP contribution in [0.4, 0.5) is 13.2 Å². The number of alkyl halides is 3. The van der Waals surface area contributed by atoms with Crippen LogP contribution in [-0.4, -0.2) is 33.0 Å². The average molecular weight is 267 g/mol. The Kier molecular flexibility index (Phi) is 6.43. The fourth-order valence-corrected chi connectivity index (χ4v) is 2.91. The van der Waals surface area contributed by atoms with E-state index in [0.717, 1.165) is 19.4 Å². The van der Waals surface area contributed by atoms with Gasteiger partial charge in [0.15, 0.2) is 0 Å². The first-order chi connectivity index (χ1) is 8.49. The van der Waals surface area contributed by atoms with Crippen molar-refractivity contribution in [3.8, 4) is 0 Å². The minimum Gasteiger partial charge on any atom is -0.385 e. The van der Waals surface area contributed by atoms with Gasteiger partial charge in [0.1, 0.15) is 0 Å². The molecule has 0 spiro atoms. The van der Waals surface area contributed by atoms with E-state index >= 15 is 0 Å². The number of nitrogens with one attached hydrogen (secondary N) is 1. The predicted molar refractivity (Wildman–Crippen MR) is 65.5 cm³/mol. The zero-order chi connectivity index (χ0) is 13.6. The molecule has 0 bridgehead atoms. The molecule has 0 aromatic heterocycles. The van der Waals surface area contributed by atoms with E-state index in [1.54, 1.807) is 7.11 Å². The molecule has 0 amide bonds. The van der Waals surface area contributed by atoms with Gasteiger partial charge in [-0.2, -0.15) is 13.2 Å². The Balaban J connectivity index is 2.35. The van der Waals surface area contributed by atoms with Crippen molar-refractivity contribution in [2.75, 3.05) is 20.8 Å². The maximum atomic E-state index is 12.6. The lowest BCUT2D eigenvalue weighted by molar-refractivity contribution is -0.184. The first-order valence-electron chi connectivity index (χ1n) is 6.72. The molecule has 0 radical (unpaired) electrons. The topological polar surface area (TPSA) is 21.3 Å². The molecule has 0 aromatic carbocycles. The van der Waals surface area contributed by atoms with E-state index in [9.17, 15) is 13.2 Å². The third-order valence-corrected chi connectivity index (χ3v) is 4.04. The van der Waals surface area contributed by atoms with E-state index < -0.39 is 12.1 Å². The quantitative estimate of drug-likeness (QED) is 0.745. The summed E-state index contributed by atoms with van der Waals surface area (Å²) in [5.74, 6) is -0.698. The number of ether oxygens (including phenoxy) is 1. The molecule has 2 nitrogen and oxygen atoms in total. The zero-order valence-corrected chi connectivity index (χ0v) is 11.2. The Bertz CT molecular complexity index is 225. The zero-order valence-electron chi connectivity index (χ0n) is 11.2. The molecule has 1 saturated carbocycles. The lowest BCUT2D eigenvalue weighted by atomic mass is 9.77. The minimum atomic E-state index is -4.00. The first kappa shape index (κ1) is 15.8. The third-order valence-electron chi connectivity index (χ3n) is 4.04. The summed E-state index contributed by atoms with van der Waals surface area (Å²) >= 11 is 0. The minimum absolute atomic E-state index is 0.288. The highest BCUT2D eigenvalue weighted by atomic mass is 19.4. The molecule has 0 aliphatic heterocycles. The molecule has 1 aliphatic rings. The Hall–Kier alpha value is -0.290. The molecule has 0 saturated heterocycles. The van der Waals surface area contributed by atoms with E-state index in [-0.39, 0.29) is 12.8 Å². The van der Waals surface area contributed by atoms with Crippen LogP contribution in [0.5, 0.6) is 0 Å². The Morgan fingerprint density at radius 3 is 2.28 bits per heavy atom. The Morgan fingerprint density at radius 1 is 1.22 bits per heavy atom. The molecule has 0 heterocycles. The number of methoxy groups -OCH3 is 1. The van der Waals surface area contributed by atoms with E-state index in [1.807, 2.05) is 7.05 Å². The maximum Gasteiger partial charge on any atom is 0.391 e. The summed E-state index contributed by atoms with van der Waals surface area (Å²) in [7, 11) is 3.57. The highest BCUT2D eigenvalue weighted by Crippen LogP contribution is 2.40. The molecular weight excluding hydrogens is 243 g/mol. The molecule has 1 rings (SSSR count). The van der Waals surface area contributed by atoms with Gasteiger partial charge in [-0.1, -0.05) is 0 Å². The van der Waals surface area contributed by atoms with Crippen molar-refractivity contribution in [1.29, 1.82) is 0 Å². The molecule has 0 aromatic rings. The van der Waals surface area contributed by atoms with E-state index in [2.05, 4.69) is 5.32 Å². The van der Waals surface area contributed by atoms with Crippen molar-refractivity contribution in [2.45, 2.75) is 50.7 Å². The summed E-state index contributed by atoms with van der Waals surface area (Å²) in [6, 6.07) is 0.328. The Morgan fingerprint density at radius 2 is 1.83 bits per heavy atom. The van der Waals surface area contributed by atoms with Crippen LogP contribution in [0.3, 0.4) is 0 Å². The number of halogens is 3. The monoisotopic (exact) mass is 267 g/mol. The summed E-state index contributed by atoms with van der Waals surface area (Å²) in [5, 5.41) is 3.25. The summed E-state index contributed by atoms with van der Waals surface area (Å²) in [6.45, 7) is 0.718. The average Bonchev–Trinajstić information content (AvgIpc) is 2.34. The number of rotatable bonds is 6. The van der Waals surface area contributed by atoms with Crippen LogP contribution in [0.15, 0.2) is 0 Å².